The molecule has 0 fully saturated rings. The molecule has 0 amide bonds. The standard InChI is InChI=1S/C12H8Br2FNS/c13-7-2-1-3-8(4-7)17-12-6-10(15)9(14)5-11(12)16/h1-6H,16H2. The van der Waals surface area contributed by atoms with E-state index in [1.54, 1.807) is 6.07 Å². The first-order chi connectivity index (χ1) is 8.06. The summed E-state index contributed by atoms with van der Waals surface area (Å²) in [5, 5.41) is 0. The molecule has 0 heterocycles. The van der Waals surface area contributed by atoms with E-state index in [9.17, 15) is 4.39 Å². The number of benzene rings is 2. The maximum absolute atomic E-state index is 13.4. The molecule has 0 radical (unpaired) electrons. The molecule has 0 spiro atoms. The summed E-state index contributed by atoms with van der Waals surface area (Å²) in [6, 6.07) is 10.8. The van der Waals surface area contributed by atoms with E-state index in [1.807, 2.05) is 24.3 Å². The number of hydrogen-bond donors (Lipinski definition) is 1. The van der Waals surface area contributed by atoms with Gasteiger partial charge in [0.1, 0.15) is 5.82 Å². The minimum absolute atomic E-state index is 0.309. The van der Waals surface area contributed by atoms with Gasteiger partial charge in [-0.1, -0.05) is 33.8 Å². The van der Waals surface area contributed by atoms with Gasteiger partial charge in [-0.3, -0.25) is 0 Å². The van der Waals surface area contributed by atoms with Crippen LogP contribution < -0.4 is 5.73 Å². The van der Waals surface area contributed by atoms with Crippen molar-refractivity contribution in [3.05, 3.63) is 51.2 Å². The van der Waals surface area contributed by atoms with Crippen molar-refractivity contribution in [2.24, 2.45) is 0 Å². The van der Waals surface area contributed by atoms with Gasteiger partial charge in [-0.25, -0.2) is 4.39 Å². The zero-order valence-electron chi connectivity index (χ0n) is 8.58. The lowest BCUT2D eigenvalue weighted by molar-refractivity contribution is 0.618. The fraction of sp³-hybridized carbons (Fsp3) is 0. The second-order valence-electron chi connectivity index (χ2n) is 3.36. The van der Waals surface area contributed by atoms with Crippen LogP contribution in [0.4, 0.5) is 10.1 Å². The van der Waals surface area contributed by atoms with E-state index in [0.29, 0.717) is 15.1 Å². The summed E-state index contributed by atoms with van der Waals surface area (Å²) < 4.78 is 14.8. The van der Waals surface area contributed by atoms with Crippen LogP contribution in [0.2, 0.25) is 0 Å². The molecule has 1 nitrogen and oxygen atoms in total. The van der Waals surface area contributed by atoms with Gasteiger partial charge in [-0.05, 0) is 46.3 Å². The van der Waals surface area contributed by atoms with E-state index in [4.69, 9.17) is 5.73 Å². The molecule has 17 heavy (non-hydrogen) atoms. The molecule has 2 rings (SSSR count). The van der Waals surface area contributed by atoms with Crippen LogP contribution in [0.25, 0.3) is 0 Å². The SMILES string of the molecule is Nc1cc(Br)c(F)cc1Sc1cccc(Br)c1. The van der Waals surface area contributed by atoms with Crippen LogP contribution in [0.3, 0.4) is 0 Å². The maximum Gasteiger partial charge on any atom is 0.138 e. The molecule has 2 aromatic carbocycles. The molecule has 2 N–H and O–H groups in total. The van der Waals surface area contributed by atoms with Crippen molar-refractivity contribution in [2.75, 3.05) is 5.73 Å². The van der Waals surface area contributed by atoms with E-state index in [-0.39, 0.29) is 5.82 Å². The Bertz CT molecular complexity index is 560. The third-order valence-electron chi connectivity index (χ3n) is 2.08. The summed E-state index contributed by atoms with van der Waals surface area (Å²) in [6.45, 7) is 0. The second kappa shape index (κ2) is 5.42. The number of anilines is 1. The molecule has 0 aliphatic carbocycles. The van der Waals surface area contributed by atoms with Crippen LogP contribution in [-0.2, 0) is 0 Å². The van der Waals surface area contributed by atoms with E-state index in [1.165, 1.54) is 17.8 Å². The zero-order valence-corrected chi connectivity index (χ0v) is 12.6. The fourth-order valence-corrected chi connectivity index (χ4v) is 3.13. The molecule has 0 aliphatic heterocycles. The van der Waals surface area contributed by atoms with Crippen molar-refractivity contribution in [3.63, 3.8) is 0 Å². The topological polar surface area (TPSA) is 26.0 Å². The summed E-state index contributed by atoms with van der Waals surface area (Å²) >= 11 is 7.93. The average molecular weight is 377 g/mol. The first kappa shape index (κ1) is 12.9. The zero-order chi connectivity index (χ0) is 12.4. The van der Waals surface area contributed by atoms with Crippen molar-refractivity contribution in [1.82, 2.24) is 0 Å². The molecular formula is C12H8Br2FNS. The largest absolute Gasteiger partial charge is 0.398 e. The van der Waals surface area contributed by atoms with Gasteiger partial charge in [-0.2, -0.15) is 0 Å². The predicted octanol–water partition coefficient (Wildman–Crippen LogP) is 5.08. The van der Waals surface area contributed by atoms with Crippen molar-refractivity contribution >= 4 is 49.3 Å². The first-order valence-electron chi connectivity index (χ1n) is 4.74. The van der Waals surface area contributed by atoms with Crippen LogP contribution in [-0.4, -0.2) is 0 Å². The van der Waals surface area contributed by atoms with Crippen LogP contribution in [0, 0.1) is 5.82 Å². The van der Waals surface area contributed by atoms with Crippen molar-refractivity contribution < 1.29 is 4.39 Å². The highest BCUT2D eigenvalue weighted by molar-refractivity contribution is 9.10. The lowest BCUT2D eigenvalue weighted by Crippen LogP contribution is -1.91. The Morgan fingerprint density at radius 2 is 1.88 bits per heavy atom. The quantitative estimate of drug-likeness (QED) is 0.739. The molecule has 88 valence electrons. The highest BCUT2D eigenvalue weighted by atomic mass is 79.9. The fourth-order valence-electron chi connectivity index (χ4n) is 1.29. The highest BCUT2D eigenvalue weighted by Crippen LogP contribution is 2.35. The monoisotopic (exact) mass is 375 g/mol. The minimum Gasteiger partial charge on any atom is -0.398 e. The van der Waals surface area contributed by atoms with Gasteiger partial charge in [0, 0.05) is 20.0 Å². The number of nitrogens with two attached hydrogens (primary N) is 1. The molecule has 0 atom stereocenters. The van der Waals surface area contributed by atoms with Crippen LogP contribution in [0.5, 0.6) is 0 Å². The van der Waals surface area contributed by atoms with Crippen molar-refractivity contribution in [1.29, 1.82) is 0 Å². The van der Waals surface area contributed by atoms with Gasteiger partial charge in [0.25, 0.3) is 0 Å². The summed E-state index contributed by atoms with van der Waals surface area (Å²) in [5.74, 6) is -0.309. The van der Waals surface area contributed by atoms with Crippen molar-refractivity contribution in [3.8, 4) is 0 Å². The number of hydrogen-bond acceptors (Lipinski definition) is 2. The van der Waals surface area contributed by atoms with Gasteiger partial charge < -0.3 is 5.73 Å². The summed E-state index contributed by atoms with van der Waals surface area (Å²) in [4.78, 5) is 1.72. The molecular weight excluding hydrogens is 369 g/mol. The van der Waals surface area contributed by atoms with E-state index in [2.05, 4.69) is 31.9 Å². The molecule has 0 aliphatic rings. The van der Waals surface area contributed by atoms with Gasteiger partial charge in [0.15, 0.2) is 0 Å². The number of nitrogen functional groups attached to an aromatic ring is 1. The summed E-state index contributed by atoms with van der Waals surface area (Å²) in [7, 11) is 0. The third kappa shape index (κ3) is 3.24. The molecule has 2 aromatic rings. The molecule has 0 unspecified atom stereocenters. The minimum atomic E-state index is -0.309. The van der Waals surface area contributed by atoms with Crippen LogP contribution in [0.15, 0.2) is 55.1 Å². The predicted molar refractivity (Wildman–Crippen MR) is 76.8 cm³/mol. The highest BCUT2D eigenvalue weighted by Gasteiger charge is 2.07. The van der Waals surface area contributed by atoms with Gasteiger partial charge >= 0.3 is 0 Å². The van der Waals surface area contributed by atoms with Gasteiger partial charge in [0.05, 0.1) is 4.47 Å². The Labute approximate surface area is 120 Å². The summed E-state index contributed by atoms with van der Waals surface area (Å²) in [5.41, 5.74) is 6.41. The van der Waals surface area contributed by atoms with Crippen LogP contribution >= 0.6 is 43.6 Å². The first-order valence-corrected chi connectivity index (χ1v) is 7.14. The number of rotatable bonds is 2. The normalized spacial score (nSPS) is 10.5. The van der Waals surface area contributed by atoms with E-state index in [0.717, 1.165) is 9.37 Å². The Morgan fingerprint density at radius 3 is 2.59 bits per heavy atom. The third-order valence-corrected chi connectivity index (χ3v) is 4.24. The van der Waals surface area contributed by atoms with E-state index >= 15 is 0 Å². The Morgan fingerprint density at radius 1 is 1.12 bits per heavy atom. The molecule has 5 heteroatoms. The summed E-state index contributed by atoms with van der Waals surface area (Å²) in [6.07, 6.45) is 0. The van der Waals surface area contributed by atoms with Gasteiger partial charge in [0.2, 0.25) is 0 Å². The van der Waals surface area contributed by atoms with Gasteiger partial charge in [-0.15, -0.1) is 0 Å². The Kier molecular flexibility index (Phi) is 4.12. The molecule has 0 aromatic heterocycles. The number of halogens is 3. The van der Waals surface area contributed by atoms with Crippen LogP contribution in [0.1, 0.15) is 0 Å². The van der Waals surface area contributed by atoms with E-state index < -0.39 is 0 Å². The van der Waals surface area contributed by atoms with Crippen molar-refractivity contribution in [2.45, 2.75) is 9.79 Å². The Balaban J connectivity index is 2.33. The molecule has 0 saturated carbocycles. The molecule has 0 saturated heterocycles. The maximum atomic E-state index is 13.4. The Hall–Kier alpha value is -0.520. The molecule has 0 bridgehead atoms. The second-order valence-corrected chi connectivity index (χ2v) is 6.25. The average Bonchev–Trinajstić information content (AvgIpc) is 2.26. The lowest BCUT2D eigenvalue weighted by atomic mass is 10.3. The lowest BCUT2D eigenvalue weighted by Gasteiger charge is -2.07. The smallest absolute Gasteiger partial charge is 0.138 e.